The molecule has 2 aliphatic rings. The van der Waals surface area contributed by atoms with Crippen LogP contribution in [0.3, 0.4) is 0 Å². The van der Waals surface area contributed by atoms with Crippen molar-refractivity contribution >= 4 is 17.3 Å². The van der Waals surface area contributed by atoms with Crippen LogP contribution in [0.2, 0.25) is 0 Å². The second-order valence-corrected chi connectivity index (χ2v) is 7.60. The number of carboxylic acids is 1. The molecular formula is C17H24N2O2. The average Bonchev–Trinajstić information content (AvgIpc) is 2.87. The van der Waals surface area contributed by atoms with E-state index in [1.807, 2.05) is 0 Å². The van der Waals surface area contributed by atoms with Gasteiger partial charge in [0.05, 0.1) is 5.56 Å². The van der Waals surface area contributed by atoms with Crippen molar-refractivity contribution in [1.82, 2.24) is 0 Å². The van der Waals surface area contributed by atoms with Crippen LogP contribution in [0.25, 0.3) is 0 Å². The summed E-state index contributed by atoms with van der Waals surface area (Å²) in [4.78, 5) is 11.5. The van der Waals surface area contributed by atoms with Crippen molar-refractivity contribution in [2.75, 3.05) is 11.1 Å². The van der Waals surface area contributed by atoms with Crippen molar-refractivity contribution in [3.05, 3.63) is 23.8 Å². The first-order valence-corrected chi connectivity index (χ1v) is 7.63. The lowest BCUT2D eigenvalue weighted by molar-refractivity contribution is 0.0697. The number of benzene rings is 1. The molecule has 3 atom stereocenters. The molecule has 4 N–H and O–H groups in total. The van der Waals surface area contributed by atoms with Gasteiger partial charge in [-0.05, 0) is 54.2 Å². The summed E-state index contributed by atoms with van der Waals surface area (Å²) in [6.45, 7) is 6.94. The minimum Gasteiger partial charge on any atom is -0.478 e. The third-order valence-corrected chi connectivity index (χ3v) is 5.84. The third kappa shape index (κ3) is 2.08. The Balaban J connectivity index is 1.96. The van der Waals surface area contributed by atoms with E-state index in [1.165, 1.54) is 25.3 Å². The van der Waals surface area contributed by atoms with E-state index in [0.29, 0.717) is 17.4 Å². The van der Waals surface area contributed by atoms with E-state index >= 15 is 0 Å². The van der Waals surface area contributed by atoms with E-state index in [-0.39, 0.29) is 16.4 Å². The predicted octanol–water partition coefficient (Wildman–Crippen LogP) is 3.59. The molecule has 114 valence electrons. The van der Waals surface area contributed by atoms with E-state index in [9.17, 15) is 9.90 Å². The predicted molar refractivity (Wildman–Crippen MR) is 84.5 cm³/mol. The van der Waals surface area contributed by atoms with Crippen LogP contribution in [0.15, 0.2) is 18.2 Å². The van der Waals surface area contributed by atoms with Gasteiger partial charge in [-0.3, -0.25) is 0 Å². The van der Waals surface area contributed by atoms with Crippen LogP contribution in [0.5, 0.6) is 0 Å². The zero-order chi connectivity index (χ0) is 15.4. The molecule has 3 rings (SSSR count). The van der Waals surface area contributed by atoms with Gasteiger partial charge in [0.25, 0.3) is 0 Å². The van der Waals surface area contributed by atoms with E-state index < -0.39 is 5.97 Å². The summed E-state index contributed by atoms with van der Waals surface area (Å²) in [6.07, 6.45) is 3.74. The number of nitrogens with one attached hydrogen (secondary N) is 1. The fraction of sp³-hybridized carbons (Fsp3) is 0.588. The van der Waals surface area contributed by atoms with Crippen LogP contribution in [-0.2, 0) is 0 Å². The maximum atomic E-state index is 11.5. The lowest BCUT2D eigenvalue weighted by atomic mass is 9.68. The van der Waals surface area contributed by atoms with Gasteiger partial charge in [0, 0.05) is 17.4 Å². The third-order valence-electron chi connectivity index (χ3n) is 5.84. The van der Waals surface area contributed by atoms with Crippen molar-refractivity contribution < 1.29 is 9.90 Å². The molecule has 4 nitrogen and oxygen atoms in total. The Labute approximate surface area is 125 Å². The summed E-state index contributed by atoms with van der Waals surface area (Å²) >= 11 is 0. The Bertz CT molecular complexity index is 592. The fourth-order valence-electron chi connectivity index (χ4n) is 4.68. The summed E-state index contributed by atoms with van der Waals surface area (Å²) in [5, 5.41) is 12.9. The normalized spacial score (nSPS) is 33.1. The molecule has 2 aliphatic carbocycles. The maximum absolute atomic E-state index is 11.5. The van der Waals surface area contributed by atoms with Crippen molar-refractivity contribution in [3.8, 4) is 0 Å². The molecule has 21 heavy (non-hydrogen) atoms. The summed E-state index contributed by atoms with van der Waals surface area (Å²) in [5.74, 6) is -0.210. The van der Waals surface area contributed by atoms with Gasteiger partial charge in [-0.2, -0.15) is 0 Å². The Kier molecular flexibility index (Phi) is 2.98. The number of carboxylic acid groups (broad SMARTS) is 1. The molecule has 1 aromatic carbocycles. The number of nitrogen functional groups attached to an aromatic ring is 1. The molecular weight excluding hydrogens is 264 g/mol. The molecule has 0 spiro atoms. The molecule has 1 aromatic rings. The first-order valence-electron chi connectivity index (χ1n) is 7.63. The molecule has 0 heterocycles. The number of nitrogens with two attached hydrogens (primary N) is 1. The average molecular weight is 288 g/mol. The number of carbonyl (C=O) groups is 1. The molecule has 2 saturated carbocycles. The molecule has 0 radical (unpaired) electrons. The zero-order valence-electron chi connectivity index (χ0n) is 12.9. The molecule has 2 fully saturated rings. The highest BCUT2D eigenvalue weighted by Crippen LogP contribution is 2.63. The number of rotatable bonds is 3. The van der Waals surface area contributed by atoms with Gasteiger partial charge in [-0.25, -0.2) is 4.79 Å². The molecule has 0 saturated heterocycles. The highest BCUT2D eigenvalue weighted by Gasteiger charge is 2.59. The van der Waals surface area contributed by atoms with Gasteiger partial charge < -0.3 is 16.2 Å². The molecule has 0 aromatic heterocycles. The van der Waals surface area contributed by atoms with Crippen molar-refractivity contribution in [2.45, 2.75) is 46.1 Å². The molecule has 0 amide bonds. The van der Waals surface area contributed by atoms with Crippen LogP contribution in [-0.4, -0.2) is 17.1 Å². The largest absolute Gasteiger partial charge is 0.478 e. The maximum Gasteiger partial charge on any atom is 0.337 e. The van der Waals surface area contributed by atoms with Crippen LogP contribution in [0.1, 0.15) is 50.4 Å². The van der Waals surface area contributed by atoms with Crippen molar-refractivity contribution in [3.63, 3.8) is 0 Å². The molecule has 0 aliphatic heterocycles. The highest BCUT2D eigenvalue weighted by molar-refractivity contribution is 5.95. The van der Waals surface area contributed by atoms with Crippen molar-refractivity contribution in [2.24, 2.45) is 16.7 Å². The minimum absolute atomic E-state index is 0.185. The van der Waals surface area contributed by atoms with Gasteiger partial charge in [0.1, 0.15) is 0 Å². The Morgan fingerprint density at radius 1 is 1.38 bits per heavy atom. The van der Waals surface area contributed by atoms with Gasteiger partial charge in [-0.15, -0.1) is 0 Å². The smallest absolute Gasteiger partial charge is 0.337 e. The van der Waals surface area contributed by atoms with E-state index in [1.54, 1.807) is 12.1 Å². The van der Waals surface area contributed by atoms with Crippen LogP contribution >= 0.6 is 0 Å². The minimum atomic E-state index is -0.934. The summed E-state index contributed by atoms with van der Waals surface area (Å²) < 4.78 is 0. The number of hydrogen-bond donors (Lipinski definition) is 3. The molecule has 2 bridgehead atoms. The topological polar surface area (TPSA) is 75.3 Å². The summed E-state index contributed by atoms with van der Waals surface area (Å²) in [5.41, 5.74) is 7.59. The lowest BCUT2D eigenvalue weighted by Gasteiger charge is -2.43. The standard InChI is InChI=1S/C17H24N2O2/c1-16(2)10-6-7-17(3,9-10)15(16)19-13-5-4-11(18)8-12(13)14(20)21/h4-5,8,10,15,19H,6-7,9,18H2,1-3H3,(H,20,21). The van der Waals surface area contributed by atoms with E-state index in [0.717, 1.165) is 5.92 Å². The Morgan fingerprint density at radius 2 is 2.10 bits per heavy atom. The van der Waals surface area contributed by atoms with Crippen LogP contribution in [0, 0.1) is 16.7 Å². The zero-order valence-corrected chi connectivity index (χ0v) is 12.9. The van der Waals surface area contributed by atoms with Crippen LogP contribution < -0.4 is 11.1 Å². The van der Waals surface area contributed by atoms with Gasteiger partial charge in [-0.1, -0.05) is 20.8 Å². The van der Waals surface area contributed by atoms with Gasteiger partial charge >= 0.3 is 5.97 Å². The van der Waals surface area contributed by atoms with Crippen LogP contribution in [0.4, 0.5) is 11.4 Å². The second kappa shape index (κ2) is 4.39. The Hall–Kier alpha value is -1.71. The number of fused-ring (bicyclic) bond motifs is 2. The number of anilines is 2. The highest BCUT2D eigenvalue weighted by atomic mass is 16.4. The molecule has 3 unspecified atom stereocenters. The fourth-order valence-corrected chi connectivity index (χ4v) is 4.68. The first kappa shape index (κ1) is 14.2. The summed E-state index contributed by atoms with van der Waals surface area (Å²) in [6, 6.07) is 5.39. The molecule has 4 heteroatoms. The lowest BCUT2D eigenvalue weighted by Crippen LogP contribution is -2.46. The first-order chi connectivity index (χ1) is 9.74. The van der Waals surface area contributed by atoms with E-state index in [2.05, 4.69) is 26.1 Å². The number of aromatic carboxylic acids is 1. The summed E-state index contributed by atoms with van der Waals surface area (Å²) in [7, 11) is 0. The Morgan fingerprint density at radius 3 is 2.67 bits per heavy atom. The van der Waals surface area contributed by atoms with Gasteiger partial charge in [0.2, 0.25) is 0 Å². The van der Waals surface area contributed by atoms with Crippen molar-refractivity contribution in [1.29, 1.82) is 0 Å². The second-order valence-electron chi connectivity index (χ2n) is 7.60. The monoisotopic (exact) mass is 288 g/mol. The quantitative estimate of drug-likeness (QED) is 0.743. The SMILES string of the molecule is CC12CCC(C1)C(C)(C)C2Nc1ccc(N)cc1C(=O)O. The number of hydrogen-bond acceptors (Lipinski definition) is 3. The van der Waals surface area contributed by atoms with E-state index in [4.69, 9.17) is 5.73 Å². The van der Waals surface area contributed by atoms with Gasteiger partial charge in [0.15, 0.2) is 0 Å².